The van der Waals surface area contributed by atoms with Crippen molar-refractivity contribution in [3.8, 4) is 0 Å². The lowest BCUT2D eigenvalue weighted by molar-refractivity contribution is -0.133. The van der Waals surface area contributed by atoms with Crippen LogP contribution in [0.25, 0.3) is 0 Å². The summed E-state index contributed by atoms with van der Waals surface area (Å²) in [5, 5.41) is 8.31. The normalized spacial score (nSPS) is 15.2. The van der Waals surface area contributed by atoms with Gasteiger partial charge in [0.1, 0.15) is 18.4 Å². The molecular formula is C24H46N4O4. The van der Waals surface area contributed by atoms with E-state index in [1.165, 1.54) is 0 Å². The molecule has 0 saturated heterocycles. The third-order valence-electron chi connectivity index (χ3n) is 5.10. The van der Waals surface area contributed by atoms with Gasteiger partial charge in [0.25, 0.3) is 0 Å². The number of nitrogens with two attached hydrogens (primary N) is 1. The lowest BCUT2D eigenvalue weighted by Gasteiger charge is -2.27. The zero-order valence-corrected chi connectivity index (χ0v) is 21.1. The smallest absolute Gasteiger partial charge is 0.243 e. The van der Waals surface area contributed by atoms with Crippen LogP contribution in [0.1, 0.15) is 87.0 Å². The summed E-state index contributed by atoms with van der Waals surface area (Å²) in [6, 6.07) is -2.85. The first kappa shape index (κ1) is 30.0. The number of amides is 3. The SMILES string of the molecule is CCCC[C@@H](C=O)NC(=O)C(CC(C)C)NC(=O)[C@H](CC(C)C)NC(=O)C(N)CC(C)C. The van der Waals surface area contributed by atoms with Gasteiger partial charge in [-0.3, -0.25) is 14.4 Å². The van der Waals surface area contributed by atoms with Gasteiger partial charge in [0, 0.05) is 0 Å². The fraction of sp³-hybridized carbons (Fsp3) is 0.833. The molecule has 3 amide bonds. The lowest BCUT2D eigenvalue weighted by Crippen LogP contribution is -2.57. The molecule has 0 aliphatic rings. The Morgan fingerprint density at radius 2 is 1.19 bits per heavy atom. The van der Waals surface area contributed by atoms with Crippen LogP contribution in [0.15, 0.2) is 0 Å². The molecule has 5 N–H and O–H groups in total. The predicted molar refractivity (Wildman–Crippen MR) is 128 cm³/mol. The highest BCUT2D eigenvalue weighted by Crippen LogP contribution is 2.11. The van der Waals surface area contributed by atoms with E-state index in [9.17, 15) is 19.2 Å². The number of rotatable bonds is 16. The van der Waals surface area contributed by atoms with Crippen LogP contribution in [-0.4, -0.2) is 48.2 Å². The summed E-state index contributed by atoms with van der Waals surface area (Å²) in [5.74, 6) is -0.616. The molecular weight excluding hydrogens is 408 g/mol. The van der Waals surface area contributed by atoms with Gasteiger partial charge in [0.15, 0.2) is 0 Å². The highest BCUT2D eigenvalue weighted by atomic mass is 16.2. The van der Waals surface area contributed by atoms with Gasteiger partial charge in [-0.25, -0.2) is 0 Å². The first-order valence-corrected chi connectivity index (χ1v) is 12.0. The third kappa shape index (κ3) is 12.8. The Hall–Kier alpha value is -1.96. The molecule has 0 saturated carbocycles. The van der Waals surface area contributed by atoms with Crippen molar-refractivity contribution >= 4 is 24.0 Å². The average Bonchev–Trinajstić information content (AvgIpc) is 2.68. The molecule has 32 heavy (non-hydrogen) atoms. The van der Waals surface area contributed by atoms with E-state index in [-0.39, 0.29) is 29.6 Å². The monoisotopic (exact) mass is 454 g/mol. The molecule has 8 nitrogen and oxygen atoms in total. The number of carbonyl (C=O) groups excluding carboxylic acids is 4. The molecule has 0 aromatic carbocycles. The van der Waals surface area contributed by atoms with E-state index in [0.29, 0.717) is 25.7 Å². The van der Waals surface area contributed by atoms with Gasteiger partial charge in [-0.15, -0.1) is 0 Å². The van der Waals surface area contributed by atoms with Crippen LogP contribution in [0.5, 0.6) is 0 Å². The van der Waals surface area contributed by atoms with E-state index in [0.717, 1.165) is 19.1 Å². The minimum atomic E-state index is -0.789. The minimum absolute atomic E-state index is 0.147. The van der Waals surface area contributed by atoms with Crippen molar-refractivity contribution in [2.24, 2.45) is 23.5 Å². The van der Waals surface area contributed by atoms with Gasteiger partial charge < -0.3 is 26.5 Å². The molecule has 0 spiro atoms. The Bertz CT molecular complexity index is 593. The number of unbranched alkanes of at least 4 members (excludes halogenated alkanes) is 1. The van der Waals surface area contributed by atoms with Gasteiger partial charge in [0.2, 0.25) is 17.7 Å². The van der Waals surface area contributed by atoms with Crippen molar-refractivity contribution in [3.63, 3.8) is 0 Å². The van der Waals surface area contributed by atoms with E-state index in [2.05, 4.69) is 16.0 Å². The fourth-order valence-electron chi connectivity index (χ4n) is 3.45. The van der Waals surface area contributed by atoms with Crippen LogP contribution in [0.4, 0.5) is 0 Å². The Morgan fingerprint density at radius 3 is 1.59 bits per heavy atom. The second-order valence-electron chi connectivity index (χ2n) is 10.0. The third-order valence-corrected chi connectivity index (χ3v) is 5.10. The van der Waals surface area contributed by atoms with Crippen molar-refractivity contribution in [1.29, 1.82) is 0 Å². The number of nitrogens with one attached hydrogen (secondary N) is 3. The Labute approximate surface area is 194 Å². The average molecular weight is 455 g/mol. The summed E-state index contributed by atoms with van der Waals surface area (Å²) in [4.78, 5) is 49.8. The predicted octanol–water partition coefficient (Wildman–Crippen LogP) is 2.30. The minimum Gasteiger partial charge on any atom is -0.345 e. The summed E-state index contributed by atoms with van der Waals surface area (Å²) < 4.78 is 0. The molecule has 0 aromatic rings. The van der Waals surface area contributed by atoms with Gasteiger partial charge >= 0.3 is 0 Å². The zero-order valence-electron chi connectivity index (χ0n) is 21.1. The molecule has 0 rings (SSSR count). The fourth-order valence-corrected chi connectivity index (χ4v) is 3.45. The van der Waals surface area contributed by atoms with Crippen LogP contribution in [0, 0.1) is 17.8 Å². The summed E-state index contributed by atoms with van der Waals surface area (Å²) in [6.07, 6.45) is 4.41. The highest BCUT2D eigenvalue weighted by Gasteiger charge is 2.30. The Morgan fingerprint density at radius 1 is 0.750 bits per heavy atom. The Balaban J connectivity index is 5.36. The van der Waals surface area contributed by atoms with E-state index in [1.54, 1.807) is 0 Å². The van der Waals surface area contributed by atoms with Crippen LogP contribution in [0.3, 0.4) is 0 Å². The molecule has 2 unspecified atom stereocenters. The van der Waals surface area contributed by atoms with Crippen molar-refractivity contribution < 1.29 is 19.2 Å². The van der Waals surface area contributed by atoms with Crippen LogP contribution in [0.2, 0.25) is 0 Å². The number of aldehydes is 1. The molecule has 4 atom stereocenters. The maximum absolute atomic E-state index is 13.1. The molecule has 0 aromatic heterocycles. The molecule has 0 fully saturated rings. The maximum Gasteiger partial charge on any atom is 0.243 e. The summed E-state index contributed by atoms with van der Waals surface area (Å²) in [6.45, 7) is 13.8. The van der Waals surface area contributed by atoms with Gasteiger partial charge in [0.05, 0.1) is 12.1 Å². The molecule has 8 heteroatoms. The van der Waals surface area contributed by atoms with Crippen molar-refractivity contribution in [1.82, 2.24) is 16.0 Å². The van der Waals surface area contributed by atoms with Gasteiger partial charge in [-0.2, -0.15) is 0 Å². The molecule has 0 aliphatic heterocycles. The van der Waals surface area contributed by atoms with Crippen molar-refractivity contribution in [2.75, 3.05) is 0 Å². The second-order valence-corrected chi connectivity index (χ2v) is 10.0. The molecule has 0 aliphatic carbocycles. The summed E-state index contributed by atoms with van der Waals surface area (Å²) in [7, 11) is 0. The zero-order chi connectivity index (χ0) is 24.8. The first-order chi connectivity index (χ1) is 14.9. The van der Waals surface area contributed by atoms with Crippen LogP contribution >= 0.6 is 0 Å². The topological polar surface area (TPSA) is 130 Å². The molecule has 0 heterocycles. The number of hydrogen-bond donors (Lipinski definition) is 4. The number of hydrogen-bond acceptors (Lipinski definition) is 5. The van der Waals surface area contributed by atoms with Gasteiger partial charge in [-0.05, 0) is 43.4 Å². The quantitative estimate of drug-likeness (QED) is 0.266. The molecule has 0 radical (unpaired) electrons. The van der Waals surface area contributed by atoms with Crippen LogP contribution in [-0.2, 0) is 19.2 Å². The maximum atomic E-state index is 13.1. The van der Waals surface area contributed by atoms with E-state index < -0.39 is 30.1 Å². The van der Waals surface area contributed by atoms with Gasteiger partial charge in [-0.1, -0.05) is 61.3 Å². The largest absolute Gasteiger partial charge is 0.345 e. The van der Waals surface area contributed by atoms with E-state index in [1.807, 2.05) is 48.5 Å². The summed E-state index contributed by atoms with van der Waals surface area (Å²) >= 11 is 0. The van der Waals surface area contributed by atoms with E-state index >= 15 is 0 Å². The molecule has 0 bridgehead atoms. The van der Waals surface area contributed by atoms with Crippen molar-refractivity contribution in [3.05, 3.63) is 0 Å². The summed E-state index contributed by atoms with van der Waals surface area (Å²) in [5.41, 5.74) is 5.98. The molecule has 186 valence electrons. The first-order valence-electron chi connectivity index (χ1n) is 12.0. The lowest BCUT2D eigenvalue weighted by atomic mass is 9.99. The number of carbonyl (C=O) groups is 4. The Kier molecular flexibility index (Phi) is 14.8. The van der Waals surface area contributed by atoms with Crippen molar-refractivity contribution in [2.45, 2.75) is 111 Å². The van der Waals surface area contributed by atoms with E-state index in [4.69, 9.17) is 5.73 Å². The standard InChI is InChI=1S/C24H46N4O4/c1-8-9-10-18(14-29)26-23(31)20(12-16(4)5)28-24(32)21(13-17(6)7)27-22(30)19(25)11-15(2)3/h14-21H,8-13,25H2,1-7H3,(H,26,31)(H,27,30)(H,28,32)/t18-,19?,20?,21-/m0/s1. The highest BCUT2D eigenvalue weighted by molar-refractivity contribution is 5.93. The second kappa shape index (κ2) is 15.8. The van der Waals surface area contributed by atoms with Crippen LogP contribution < -0.4 is 21.7 Å².